The number of hydrogen-bond donors (Lipinski definition) is 2. The van der Waals surface area contributed by atoms with E-state index in [-0.39, 0.29) is 18.4 Å². The van der Waals surface area contributed by atoms with Crippen molar-refractivity contribution in [1.29, 1.82) is 0 Å². The Bertz CT molecular complexity index is 1080. The maximum Gasteiger partial charge on any atom is 0.243 e. The van der Waals surface area contributed by atoms with Gasteiger partial charge in [0.1, 0.15) is 6.04 Å². The number of thiophene rings is 1. The molecule has 0 radical (unpaired) electrons. The molecular formula is C21H24N6O2S2. The lowest BCUT2D eigenvalue weighted by atomic mass is 10.2. The summed E-state index contributed by atoms with van der Waals surface area (Å²) in [5.74, 6) is 0.264. The second-order valence-electron chi connectivity index (χ2n) is 7.30. The lowest BCUT2D eigenvalue weighted by Crippen LogP contribution is -2.51. The Morgan fingerprint density at radius 3 is 2.58 bits per heavy atom. The van der Waals surface area contributed by atoms with Crippen molar-refractivity contribution in [2.45, 2.75) is 13.0 Å². The summed E-state index contributed by atoms with van der Waals surface area (Å²) in [4.78, 5) is 30.3. The average molecular weight is 457 g/mol. The third kappa shape index (κ3) is 4.70. The molecule has 2 aromatic heterocycles. The number of hydrogen-bond acceptors (Lipinski definition) is 6. The molecule has 1 atom stereocenters. The molecule has 1 aromatic carbocycles. The molecule has 2 N–H and O–H groups in total. The second kappa shape index (κ2) is 9.44. The number of anilines is 1. The van der Waals surface area contributed by atoms with Crippen LogP contribution in [0.3, 0.4) is 0 Å². The first-order chi connectivity index (χ1) is 15.0. The van der Waals surface area contributed by atoms with Crippen LogP contribution in [0.2, 0.25) is 0 Å². The summed E-state index contributed by atoms with van der Waals surface area (Å²) in [7, 11) is 0. The molecule has 1 fully saturated rings. The number of aromatic amines is 1. The molecule has 162 valence electrons. The van der Waals surface area contributed by atoms with E-state index in [1.165, 1.54) is 11.3 Å². The number of H-pyrrole nitrogens is 1. The van der Waals surface area contributed by atoms with E-state index >= 15 is 0 Å². The van der Waals surface area contributed by atoms with E-state index in [9.17, 15) is 9.59 Å². The maximum absolute atomic E-state index is 12.7. The predicted molar refractivity (Wildman–Crippen MR) is 124 cm³/mol. The third-order valence-corrected chi connectivity index (χ3v) is 6.53. The number of amides is 2. The highest BCUT2D eigenvalue weighted by atomic mass is 32.1. The molecule has 0 aliphatic carbocycles. The standard InChI is InChI=1S/C21H24N6O2S2/c1-15(27-19(23-24-21(27)30)17-8-5-13-31-17)20(29)22-14-18(28)26-11-9-25(10-12-26)16-6-3-2-4-7-16/h2-8,13,15H,9-12,14H2,1H3,(H,22,29)(H,24,30). The molecule has 3 aromatic rings. The van der Waals surface area contributed by atoms with Gasteiger partial charge in [0.25, 0.3) is 0 Å². The van der Waals surface area contributed by atoms with Crippen molar-refractivity contribution in [3.8, 4) is 10.7 Å². The van der Waals surface area contributed by atoms with E-state index in [4.69, 9.17) is 12.2 Å². The predicted octanol–water partition coefficient (Wildman–Crippen LogP) is 2.70. The number of benzene rings is 1. The van der Waals surface area contributed by atoms with Crippen molar-refractivity contribution < 1.29 is 9.59 Å². The van der Waals surface area contributed by atoms with E-state index in [2.05, 4.69) is 32.5 Å². The molecule has 31 heavy (non-hydrogen) atoms. The number of rotatable bonds is 6. The molecule has 3 heterocycles. The first kappa shape index (κ1) is 21.3. The lowest BCUT2D eigenvalue weighted by Gasteiger charge is -2.36. The number of carbonyl (C=O) groups is 2. The highest BCUT2D eigenvalue weighted by molar-refractivity contribution is 7.71. The summed E-state index contributed by atoms with van der Waals surface area (Å²) < 4.78 is 2.05. The van der Waals surface area contributed by atoms with E-state index in [0.717, 1.165) is 23.7 Å². The summed E-state index contributed by atoms with van der Waals surface area (Å²) in [6.07, 6.45) is 0. The van der Waals surface area contributed by atoms with E-state index in [1.807, 2.05) is 35.7 Å². The number of carbonyl (C=O) groups excluding carboxylic acids is 2. The number of para-hydroxylation sites is 1. The van der Waals surface area contributed by atoms with E-state index in [0.29, 0.717) is 23.7 Å². The molecule has 1 unspecified atom stereocenters. The fourth-order valence-corrected chi connectivity index (χ4v) is 4.64. The Labute approximate surface area is 189 Å². The van der Waals surface area contributed by atoms with E-state index in [1.54, 1.807) is 16.4 Å². The molecule has 0 spiro atoms. The van der Waals surface area contributed by atoms with Gasteiger partial charge in [0.15, 0.2) is 10.6 Å². The quantitative estimate of drug-likeness (QED) is 0.557. The van der Waals surface area contributed by atoms with Crippen LogP contribution in [-0.4, -0.2) is 64.2 Å². The average Bonchev–Trinajstić information content (AvgIpc) is 3.47. The van der Waals surface area contributed by atoms with Crippen LogP contribution in [0.15, 0.2) is 47.8 Å². The lowest BCUT2D eigenvalue weighted by molar-refractivity contribution is -0.133. The Hall–Kier alpha value is -2.98. The van der Waals surface area contributed by atoms with Gasteiger partial charge in [-0.2, -0.15) is 5.10 Å². The zero-order valence-corrected chi connectivity index (χ0v) is 18.8. The SMILES string of the molecule is CC(C(=O)NCC(=O)N1CCN(c2ccccc2)CC1)n1c(-c2cccs2)n[nH]c1=S. The highest BCUT2D eigenvalue weighted by Gasteiger charge is 2.24. The number of nitrogens with one attached hydrogen (secondary N) is 2. The molecule has 8 nitrogen and oxygen atoms in total. The molecule has 10 heteroatoms. The van der Waals surface area contributed by atoms with Crippen LogP contribution in [0, 0.1) is 4.77 Å². The van der Waals surface area contributed by atoms with Gasteiger partial charge in [0.05, 0.1) is 11.4 Å². The zero-order chi connectivity index (χ0) is 21.8. The van der Waals surface area contributed by atoms with E-state index < -0.39 is 6.04 Å². The van der Waals surface area contributed by atoms with Gasteiger partial charge < -0.3 is 15.1 Å². The summed E-state index contributed by atoms with van der Waals surface area (Å²) in [5.41, 5.74) is 1.16. The normalized spacial score (nSPS) is 15.0. The molecule has 0 saturated carbocycles. The molecule has 0 bridgehead atoms. The smallest absolute Gasteiger partial charge is 0.243 e. The van der Waals surface area contributed by atoms with Crippen LogP contribution in [0.5, 0.6) is 0 Å². The Morgan fingerprint density at radius 1 is 1.16 bits per heavy atom. The maximum atomic E-state index is 12.7. The molecule has 1 aliphatic rings. The van der Waals surface area contributed by atoms with Crippen molar-refractivity contribution in [2.75, 3.05) is 37.6 Å². The second-order valence-corrected chi connectivity index (χ2v) is 8.63. The summed E-state index contributed by atoms with van der Waals surface area (Å²) >= 11 is 6.84. The van der Waals surface area contributed by atoms with Gasteiger partial charge in [-0.3, -0.25) is 19.3 Å². The minimum Gasteiger partial charge on any atom is -0.368 e. The highest BCUT2D eigenvalue weighted by Crippen LogP contribution is 2.25. The van der Waals surface area contributed by atoms with Crippen LogP contribution in [-0.2, 0) is 9.59 Å². The van der Waals surface area contributed by atoms with Crippen molar-refractivity contribution >= 4 is 41.1 Å². The fourth-order valence-electron chi connectivity index (χ4n) is 3.64. The van der Waals surface area contributed by atoms with Crippen LogP contribution < -0.4 is 10.2 Å². The van der Waals surface area contributed by atoms with Crippen molar-refractivity contribution in [1.82, 2.24) is 25.0 Å². The van der Waals surface area contributed by atoms with Crippen molar-refractivity contribution in [3.63, 3.8) is 0 Å². The number of aromatic nitrogens is 3. The van der Waals surface area contributed by atoms with Crippen molar-refractivity contribution in [2.24, 2.45) is 0 Å². The van der Waals surface area contributed by atoms with Crippen LogP contribution in [0.1, 0.15) is 13.0 Å². The minimum absolute atomic E-state index is 0.0337. The Kier molecular flexibility index (Phi) is 6.47. The molecule has 4 rings (SSSR count). The van der Waals surface area contributed by atoms with Crippen LogP contribution >= 0.6 is 23.6 Å². The third-order valence-electron chi connectivity index (χ3n) is 5.38. The van der Waals surface area contributed by atoms with Crippen LogP contribution in [0.4, 0.5) is 5.69 Å². The number of nitrogens with zero attached hydrogens (tertiary/aromatic N) is 4. The van der Waals surface area contributed by atoms with Crippen molar-refractivity contribution in [3.05, 3.63) is 52.6 Å². The van der Waals surface area contributed by atoms with Gasteiger partial charge in [-0.15, -0.1) is 11.3 Å². The number of piperazine rings is 1. The fraction of sp³-hybridized carbons (Fsp3) is 0.333. The Balaban J connectivity index is 1.32. The van der Waals surface area contributed by atoms with Gasteiger partial charge in [0, 0.05) is 31.9 Å². The van der Waals surface area contributed by atoms with Gasteiger partial charge in [-0.1, -0.05) is 24.3 Å². The molecule has 2 amide bonds. The molecule has 1 aliphatic heterocycles. The summed E-state index contributed by atoms with van der Waals surface area (Å²) in [5, 5.41) is 11.7. The largest absolute Gasteiger partial charge is 0.368 e. The summed E-state index contributed by atoms with van der Waals surface area (Å²) in [6.45, 7) is 4.53. The topological polar surface area (TPSA) is 86.3 Å². The molecular weight excluding hydrogens is 432 g/mol. The molecule has 1 saturated heterocycles. The van der Waals surface area contributed by atoms with Crippen LogP contribution in [0.25, 0.3) is 10.7 Å². The zero-order valence-electron chi connectivity index (χ0n) is 17.2. The first-order valence-electron chi connectivity index (χ1n) is 10.1. The van der Waals surface area contributed by atoms with Gasteiger partial charge in [-0.05, 0) is 42.7 Å². The van der Waals surface area contributed by atoms with Gasteiger partial charge >= 0.3 is 0 Å². The van der Waals surface area contributed by atoms with Gasteiger partial charge in [0.2, 0.25) is 11.8 Å². The Morgan fingerprint density at radius 2 is 1.90 bits per heavy atom. The summed E-state index contributed by atoms with van der Waals surface area (Å²) in [6, 6.07) is 13.4. The monoisotopic (exact) mass is 456 g/mol. The minimum atomic E-state index is -0.592. The van der Waals surface area contributed by atoms with Gasteiger partial charge in [-0.25, -0.2) is 0 Å². The first-order valence-corrected chi connectivity index (χ1v) is 11.4.